The maximum Gasteiger partial charge on any atom is 0.253 e. The number of hydrogen-bond donors (Lipinski definition) is 1. The topological polar surface area (TPSA) is 54.9 Å². The molecule has 0 saturated carbocycles. The molecule has 0 aliphatic rings. The van der Waals surface area contributed by atoms with Crippen LogP contribution in [0.15, 0.2) is 42.7 Å². The normalized spacial score (nSPS) is 11.9. The zero-order valence-corrected chi connectivity index (χ0v) is 11.3. The molecule has 0 spiro atoms. The van der Waals surface area contributed by atoms with E-state index in [1.807, 2.05) is 31.2 Å². The Morgan fingerprint density at radius 2 is 2.00 bits per heavy atom. The van der Waals surface area contributed by atoms with Crippen LogP contribution in [0.5, 0.6) is 0 Å². The van der Waals surface area contributed by atoms with Crippen molar-refractivity contribution < 1.29 is 4.79 Å². The Morgan fingerprint density at radius 1 is 1.26 bits per heavy atom. The van der Waals surface area contributed by atoms with E-state index in [1.54, 1.807) is 6.07 Å². The number of benzene rings is 1. The van der Waals surface area contributed by atoms with Gasteiger partial charge in [-0.2, -0.15) is 10.2 Å². The molecule has 1 aromatic heterocycles. The van der Waals surface area contributed by atoms with Gasteiger partial charge in [0.05, 0.1) is 18.0 Å². The van der Waals surface area contributed by atoms with Crippen LogP contribution in [0.1, 0.15) is 22.8 Å². The van der Waals surface area contributed by atoms with Crippen molar-refractivity contribution >= 4 is 17.5 Å². The van der Waals surface area contributed by atoms with Gasteiger partial charge in [0, 0.05) is 11.1 Å². The second-order valence-electron chi connectivity index (χ2n) is 4.34. The second-order valence-corrected chi connectivity index (χ2v) is 4.77. The van der Waals surface area contributed by atoms with Crippen molar-refractivity contribution in [2.24, 2.45) is 0 Å². The average Bonchev–Trinajstić information content (AvgIpc) is 2.42. The molecule has 0 fully saturated rings. The van der Waals surface area contributed by atoms with E-state index in [9.17, 15) is 4.79 Å². The first-order valence-electron chi connectivity index (χ1n) is 5.97. The molecule has 4 nitrogen and oxygen atoms in total. The van der Waals surface area contributed by atoms with Crippen LogP contribution < -0.4 is 5.32 Å². The lowest BCUT2D eigenvalue weighted by Crippen LogP contribution is -2.34. The Kier molecular flexibility index (Phi) is 4.47. The van der Waals surface area contributed by atoms with Crippen LogP contribution in [0, 0.1) is 0 Å². The van der Waals surface area contributed by atoms with Crippen LogP contribution in [0.2, 0.25) is 5.02 Å². The summed E-state index contributed by atoms with van der Waals surface area (Å²) >= 11 is 5.83. The van der Waals surface area contributed by atoms with Crippen molar-refractivity contribution in [1.82, 2.24) is 15.5 Å². The predicted molar refractivity (Wildman–Crippen MR) is 74.1 cm³/mol. The lowest BCUT2D eigenvalue weighted by Gasteiger charge is -2.13. The van der Waals surface area contributed by atoms with Gasteiger partial charge < -0.3 is 5.32 Å². The summed E-state index contributed by atoms with van der Waals surface area (Å²) in [5.41, 5.74) is 1.64. The highest BCUT2D eigenvalue weighted by Crippen LogP contribution is 2.11. The van der Waals surface area contributed by atoms with Gasteiger partial charge in [-0.05, 0) is 37.1 Å². The van der Waals surface area contributed by atoms with Gasteiger partial charge in [0.1, 0.15) is 0 Å². The fourth-order valence-electron chi connectivity index (χ4n) is 1.76. The summed E-state index contributed by atoms with van der Waals surface area (Å²) in [4.78, 5) is 11.9. The molecule has 1 amide bonds. The molecular formula is C14H14ClN3O. The molecule has 0 saturated heterocycles. The number of amides is 1. The van der Waals surface area contributed by atoms with E-state index in [0.717, 1.165) is 12.0 Å². The smallest absolute Gasteiger partial charge is 0.253 e. The Bertz CT molecular complexity index is 542. The lowest BCUT2D eigenvalue weighted by molar-refractivity contribution is 0.0939. The first-order valence-corrected chi connectivity index (χ1v) is 6.35. The molecule has 1 N–H and O–H groups in total. The summed E-state index contributed by atoms with van der Waals surface area (Å²) < 4.78 is 0. The monoisotopic (exact) mass is 275 g/mol. The zero-order valence-electron chi connectivity index (χ0n) is 10.5. The quantitative estimate of drug-likeness (QED) is 0.933. The minimum absolute atomic E-state index is 0.0295. The van der Waals surface area contributed by atoms with E-state index in [2.05, 4.69) is 15.5 Å². The average molecular weight is 276 g/mol. The van der Waals surface area contributed by atoms with Gasteiger partial charge >= 0.3 is 0 Å². The largest absolute Gasteiger partial charge is 0.349 e. The standard InChI is InChI=1S/C14H14ClN3O/c1-10(8-11-2-4-13(15)5-3-11)18-14(19)12-6-7-16-17-9-12/h2-7,9-10H,8H2,1H3,(H,18,19). The fourth-order valence-corrected chi connectivity index (χ4v) is 1.88. The molecule has 2 aromatic rings. The van der Waals surface area contributed by atoms with E-state index in [-0.39, 0.29) is 11.9 Å². The van der Waals surface area contributed by atoms with Gasteiger partial charge in [-0.15, -0.1) is 0 Å². The number of nitrogens with one attached hydrogen (secondary N) is 1. The molecule has 19 heavy (non-hydrogen) atoms. The minimum atomic E-state index is -0.142. The third kappa shape index (κ3) is 4.03. The summed E-state index contributed by atoms with van der Waals surface area (Å²) in [6.45, 7) is 1.96. The molecule has 1 unspecified atom stereocenters. The summed E-state index contributed by atoms with van der Waals surface area (Å²) in [6.07, 6.45) is 3.70. The third-order valence-corrected chi connectivity index (χ3v) is 2.93. The molecule has 1 aromatic carbocycles. The number of rotatable bonds is 4. The van der Waals surface area contributed by atoms with Crippen LogP contribution >= 0.6 is 11.6 Å². The number of aromatic nitrogens is 2. The van der Waals surface area contributed by atoms with Crippen molar-refractivity contribution in [3.8, 4) is 0 Å². The van der Waals surface area contributed by atoms with Crippen molar-refractivity contribution in [1.29, 1.82) is 0 Å². The number of carbonyl (C=O) groups is 1. The molecule has 0 bridgehead atoms. The predicted octanol–water partition coefficient (Wildman–Crippen LogP) is 2.49. The second kappa shape index (κ2) is 6.29. The Labute approximate surface area is 116 Å². The Hall–Kier alpha value is -1.94. The molecule has 5 heteroatoms. The molecule has 1 heterocycles. The van der Waals surface area contributed by atoms with Gasteiger partial charge in [0.25, 0.3) is 5.91 Å². The number of carbonyl (C=O) groups excluding carboxylic acids is 1. The van der Waals surface area contributed by atoms with E-state index in [4.69, 9.17) is 11.6 Å². The van der Waals surface area contributed by atoms with E-state index in [1.165, 1.54) is 12.4 Å². The van der Waals surface area contributed by atoms with E-state index in [0.29, 0.717) is 10.6 Å². The molecule has 0 aliphatic heterocycles. The van der Waals surface area contributed by atoms with Crippen LogP contribution in [0.25, 0.3) is 0 Å². The first-order chi connectivity index (χ1) is 9.15. The number of nitrogens with zero attached hydrogens (tertiary/aromatic N) is 2. The molecule has 0 aliphatic carbocycles. The SMILES string of the molecule is CC(Cc1ccc(Cl)cc1)NC(=O)c1ccnnc1. The highest BCUT2D eigenvalue weighted by Gasteiger charge is 2.10. The molecule has 98 valence electrons. The summed E-state index contributed by atoms with van der Waals surface area (Å²) in [5.74, 6) is -0.142. The van der Waals surface area contributed by atoms with E-state index >= 15 is 0 Å². The van der Waals surface area contributed by atoms with Crippen molar-refractivity contribution in [2.45, 2.75) is 19.4 Å². The number of hydrogen-bond acceptors (Lipinski definition) is 3. The van der Waals surface area contributed by atoms with Crippen LogP contribution in [0.3, 0.4) is 0 Å². The Morgan fingerprint density at radius 3 is 2.63 bits per heavy atom. The Balaban J connectivity index is 1.92. The van der Waals surface area contributed by atoms with Gasteiger partial charge in [0.2, 0.25) is 0 Å². The van der Waals surface area contributed by atoms with Gasteiger partial charge in [-0.1, -0.05) is 23.7 Å². The summed E-state index contributed by atoms with van der Waals surface area (Å²) in [5, 5.41) is 11.0. The lowest BCUT2D eigenvalue weighted by atomic mass is 10.1. The van der Waals surface area contributed by atoms with Crippen LogP contribution in [-0.2, 0) is 6.42 Å². The minimum Gasteiger partial charge on any atom is -0.349 e. The van der Waals surface area contributed by atoms with E-state index < -0.39 is 0 Å². The molecule has 2 rings (SSSR count). The fraction of sp³-hybridized carbons (Fsp3) is 0.214. The molecular weight excluding hydrogens is 262 g/mol. The maximum absolute atomic E-state index is 11.9. The van der Waals surface area contributed by atoms with Gasteiger partial charge in [-0.25, -0.2) is 0 Å². The number of halogens is 1. The van der Waals surface area contributed by atoms with Crippen molar-refractivity contribution in [3.63, 3.8) is 0 Å². The zero-order chi connectivity index (χ0) is 13.7. The van der Waals surface area contributed by atoms with Crippen molar-refractivity contribution in [3.05, 3.63) is 58.9 Å². The van der Waals surface area contributed by atoms with Crippen LogP contribution in [0.4, 0.5) is 0 Å². The third-order valence-electron chi connectivity index (χ3n) is 2.68. The molecule has 0 radical (unpaired) electrons. The highest BCUT2D eigenvalue weighted by atomic mass is 35.5. The first kappa shape index (κ1) is 13.5. The molecule has 1 atom stereocenters. The summed E-state index contributed by atoms with van der Waals surface area (Å²) in [7, 11) is 0. The summed E-state index contributed by atoms with van der Waals surface area (Å²) in [6, 6.07) is 9.27. The van der Waals surface area contributed by atoms with Crippen LogP contribution in [-0.4, -0.2) is 22.1 Å². The van der Waals surface area contributed by atoms with Gasteiger partial charge in [0.15, 0.2) is 0 Å². The highest BCUT2D eigenvalue weighted by molar-refractivity contribution is 6.30. The maximum atomic E-state index is 11.9. The van der Waals surface area contributed by atoms with Crippen molar-refractivity contribution in [2.75, 3.05) is 0 Å². The van der Waals surface area contributed by atoms with Gasteiger partial charge in [-0.3, -0.25) is 4.79 Å².